The first-order valence-electron chi connectivity index (χ1n) is 4.67. The molecular formula is C9H11N3O4S. The van der Waals surface area contributed by atoms with Crippen molar-refractivity contribution in [2.24, 2.45) is 5.16 Å². The van der Waals surface area contributed by atoms with Crippen LogP contribution in [0.3, 0.4) is 0 Å². The van der Waals surface area contributed by atoms with Crippen molar-refractivity contribution in [1.82, 2.24) is 4.98 Å². The van der Waals surface area contributed by atoms with E-state index in [1.165, 1.54) is 5.38 Å². The van der Waals surface area contributed by atoms with Gasteiger partial charge in [0.1, 0.15) is 11.8 Å². The second-order valence-corrected chi connectivity index (χ2v) is 4.06. The fraction of sp³-hybridized carbons (Fsp3) is 0.333. The average Bonchev–Trinajstić information content (AvgIpc) is 2.66. The number of carbonyl (C=O) groups excluding carboxylic acids is 1. The Morgan fingerprint density at radius 1 is 1.71 bits per heavy atom. The number of hydrogen-bond donors (Lipinski definition) is 2. The van der Waals surface area contributed by atoms with Gasteiger partial charge in [0, 0.05) is 5.38 Å². The van der Waals surface area contributed by atoms with Gasteiger partial charge < -0.3 is 15.3 Å². The van der Waals surface area contributed by atoms with E-state index in [0.29, 0.717) is 11.5 Å². The quantitative estimate of drug-likeness (QED) is 0.448. The zero-order valence-electron chi connectivity index (χ0n) is 9.21. The molecule has 17 heavy (non-hydrogen) atoms. The highest BCUT2D eigenvalue weighted by Crippen LogP contribution is 2.15. The Bertz CT molecular complexity index is 441. The highest BCUT2D eigenvalue weighted by Gasteiger charge is 2.17. The number of hydrogen-bond acceptors (Lipinski definition) is 6. The molecule has 0 fully saturated rings. The Kier molecular flexibility index (Phi) is 4.58. The van der Waals surface area contributed by atoms with E-state index in [-0.39, 0.29) is 17.5 Å². The Morgan fingerprint density at radius 2 is 2.41 bits per heavy atom. The number of carboxylic acids is 1. The van der Waals surface area contributed by atoms with E-state index < -0.39 is 5.97 Å². The molecule has 8 heteroatoms. The lowest BCUT2D eigenvalue weighted by Crippen LogP contribution is -2.16. The topological polar surface area (TPSA) is 101 Å². The van der Waals surface area contributed by atoms with Crippen LogP contribution in [0.2, 0.25) is 0 Å². The van der Waals surface area contributed by atoms with Crippen LogP contribution in [0.15, 0.2) is 10.5 Å². The molecule has 0 atom stereocenters. The summed E-state index contributed by atoms with van der Waals surface area (Å²) in [4.78, 5) is 29.9. The first-order valence-corrected chi connectivity index (χ1v) is 5.55. The van der Waals surface area contributed by atoms with E-state index in [4.69, 9.17) is 9.94 Å². The number of nitrogens with one attached hydrogen (secondary N) is 1. The van der Waals surface area contributed by atoms with Crippen molar-refractivity contribution in [2.45, 2.75) is 20.0 Å². The van der Waals surface area contributed by atoms with Crippen LogP contribution in [0.4, 0.5) is 5.13 Å². The molecule has 0 aliphatic carbocycles. The van der Waals surface area contributed by atoms with Crippen LogP contribution in [0.25, 0.3) is 0 Å². The molecule has 0 radical (unpaired) electrons. The van der Waals surface area contributed by atoms with E-state index in [9.17, 15) is 9.59 Å². The van der Waals surface area contributed by atoms with Gasteiger partial charge in [0.05, 0.1) is 0 Å². The van der Waals surface area contributed by atoms with Gasteiger partial charge in [-0.15, -0.1) is 11.3 Å². The van der Waals surface area contributed by atoms with E-state index in [1.54, 1.807) is 13.8 Å². The van der Waals surface area contributed by atoms with Crippen molar-refractivity contribution < 1.29 is 19.5 Å². The Hall–Kier alpha value is -1.96. The third kappa shape index (κ3) is 3.83. The van der Waals surface area contributed by atoms with E-state index in [1.807, 2.05) is 0 Å². The molecule has 0 unspecified atom stereocenters. The van der Waals surface area contributed by atoms with Gasteiger partial charge in [0.2, 0.25) is 12.1 Å². The molecule has 0 bridgehead atoms. The Balaban J connectivity index is 2.93. The Labute approximate surface area is 101 Å². The fourth-order valence-corrected chi connectivity index (χ4v) is 1.51. The molecule has 7 nitrogen and oxygen atoms in total. The van der Waals surface area contributed by atoms with Gasteiger partial charge in [-0.05, 0) is 13.8 Å². The minimum Gasteiger partial charge on any atom is -0.476 e. The van der Waals surface area contributed by atoms with Crippen molar-refractivity contribution in [2.75, 3.05) is 5.32 Å². The zero-order valence-corrected chi connectivity index (χ0v) is 10.0. The summed E-state index contributed by atoms with van der Waals surface area (Å²) in [6, 6.07) is 0. The number of thiazole rings is 1. The van der Waals surface area contributed by atoms with Gasteiger partial charge in [0.25, 0.3) is 0 Å². The highest BCUT2D eigenvalue weighted by molar-refractivity contribution is 7.14. The van der Waals surface area contributed by atoms with Crippen molar-refractivity contribution in [3.63, 3.8) is 0 Å². The normalized spacial score (nSPS) is 11.4. The summed E-state index contributed by atoms with van der Waals surface area (Å²) in [5.74, 6) is -1.24. The number of oxime groups is 1. The third-order valence-corrected chi connectivity index (χ3v) is 2.26. The van der Waals surface area contributed by atoms with Crippen LogP contribution in [0.1, 0.15) is 19.5 Å². The summed E-state index contributed by atoms with van der Waals surface area (Å²) in [6.45, 7) is 3.45. The molecule has 1 aromatic rings. The molecule has 1 heterocycles. The maximum absolute atomic E-state index is 10.9. The van der Waals surface area contributed by atoms with Crippen LogP contribution in [0, 0.1) is 0 Å². The van der Waals surface area contributed by atoms with Gasteiger partial charge in [-0.25, -0.2) is 9.78 Å². The van der Waals surface area contributed by atoms with Crippen molar-refractivity contribution >= 4 is 34.6 Å². The summed E-state index contributed by atoms with van der Waals surface area (Å²) >= 11 is 1.10. The zero-order chi connectivity index (χ0) is 12.8. The number of aliphatic carboxylic acids is 1. The van der Waals surface area contributed by atoms with E-state index >= 15 is 0 Å². The summed E-state index contributed by atoms with van der Waals surface area (Å²) < 4.78 is 0. The number of amides is 1. The SMILES string of the molecule is CC(C)O/N=C(/C(=O)O)c1csc(NC=O)n1. The van der Waals surface area contributed by atoms with Crippen molar-refractivity contribution in [1.29, 1.82) is 0 Å². The summed E-state index contributed by atoms with van der Waals surface area (Å²) in [7, 11) is 0. The standard InChI is InChI=1S/C9H11N3O4S/c1-5(2)16-12-7(8(14)15)6-3-17-9(11-6)10-4-13/h3-5H,1-2H3,(H,14,15)(H,10,11,13)/b12-7+. The fourth-order valence-electron chi connectivity index (χ4n) is 0.853. The summed E-state index contributed by atoms with van der Waals surface area (Å²) in [5.41, 5.74) is -0.151. The first-order chi connectivity index (χ1) is 8.04. The lowest BCUT2D eigenvalue weighted by Gasteiger charge is -2.02. The maximum atomic E-state index is 10.9. The van der Waals surface area contributed by atoms with E-state index in [2.05, 4.69) is 15.5 Å². The second kappa shape index (κ2) is 5.94. The van der Waals surface area contributed by atoms with Crippen molar-refractivity contribution in [3.05, 3.63) is 11.1 Å². The third-order valence-electron chi connectivity index (χ3n) is 1.49. The summed E-state index contributed by atoms with van der Waals surface area (Å²) in [5, 5.41) is 16.6. The summed E-state index contributed by atoms with van der Waals surface area (Å²) in [6.07, 6.45) is 0.237. The largest absolute Gasteiger partial charge is 0.476 e. The Morgan fingerprint density at radius 3 is 2.94 bits per heavy atom. The predicted molar refractivity (Wildman–Crippen MR) is 62.2 cm³/mol. The molecule has 0 saturated heterocycles. The highest BCUT2D eigenvalue weighted by atomic mass is 32.1. The molecule has 0 aromatic carbocycles. The number of aromatic nitrogens is 1. The van der Waals surface area contributed by atoms with Gasteiger partial charge in [0.15, 0.2) is 5.13 Å². The molecule has 0 aliphatic rings. The lowest BCUT2D eigenvalue weighted by atomic mass is 10.3. The molecule has 0 spiro atoms. The minimum atomic E-state index is -1.24. The monoisotopic (exact) mass is 257 g/mol. The van der Waals surface area contributed by atoms with Gasteiger partial charge in [-0.3, -0.25) is 4.79 Å². The van der Waals surface area contributed by atoms with Gasteiger partial charge in [-0.1, -0.05) is 5.16 Å². The lowest BCUT2D eigenvalue weighted by molar-refractivity contribution is -0.129. The molecule has 2 N–H and O–H groups in total. The number of carboxylic acid groups (broad SMARTS) is 1. The number of rotatable bonds is 6. The van der Waals surface area contributed by atoms with Crippen LogP contribution >= 0.6 is 11.3 Å². The molecule has 0 aliphatic heterocycles. The van der Waals surface area contributed by atoms with Crippen LogP contribution in [0.5, 0.6) is 0 Å². The van der Waals surface area contributed by atoms with Crippen LogP contribution in [-0.4, -0.2) is 34.3 Å². The van der Waals surface area contributed by atoms with Crippen LogP contribution in [-0.2, 0) is 14.4 Å². The maximum Gasteiger partial charge on any atom is 0.360 e. The average molecular weight is 257 g/mol. The minimum absolute atomic E-state index is 0.146. The predicted octanol–water partition coefficient (Wildman–Crippen LogP) is 0.925. The molecule has 1 rings (SSSR count). The number of carbonyl (C=O) groups is 2. The molecule has 1 amide bonds. The molecule has 0 saturated carbocycles. The van der Waals surface area contributed by atoms with Gasteiger partial charge in [-0.2, -0.15) is 0 Å². The smallest absolute Gasteiger partial charge is 0.360 e. The second-order valence-electron chi connectivity index (χ2n) is 3.20. The number of anilines is 1. The number of nitrogens with zero attached hydrogens (tertiary/aromatic N) is 2. The first kappa shape index (κ1) is 13.1. The molecule has 92 valence electrons. The van der Waals surface area contributed by atoms with Crippen LogP contribution < -0.4 is 5.32 Å². The van der Waals surface area contributed by atoms with E-state index in [0.717, 1.165) is 11.3 Å². The van der Waals surface area contributed by atoms with Crippen molar-refractivity contribution in [3.8, 4) is 0 Å². The molecule has 1 aromatic heterocycles. The van der Waals surface area contributed by atoms with Gasteiger partial charge >= 0.3 is 5.97 Å². The molecular weight excluding hydrogens is 246 g/mol.